The number of hydrogen-bond donors (Lipinski definition) is 2. The molecule has 0 aromatic carbocycles. The van der Waals surface area contributed by atoms with Gasteiger partial charge in [-0.15, -0.1) is 0 Å². The van der Waals surface area contributed by atoms with Crippen LogP contribution in [-0.2, 0) is 9.59 Å². The largest absolute Gasteiger partial charge is 0.490 e. The smallest absolute Gasteiger partial charge is 0.475 e. The Morgan fingerprint density at radius 3 is 1.85 bits per heavy atom. The van der Waals surface area contributed by atoms with E-state index in [0.29, 0.717) is 5.56 Å². The third kappa shape index (κ3) is 8.43. The summed E-state index contributed by atoms with van der Waals surface area (Å²) in [6.45, 7) is 0. The van der Waals surface area contributed by atoms with Crippen LogP contribution in [0, 0.1) is 11.3 Å². The number of rotatable bonds is 0. The fourth-order valence-corrected chi connectivity index (χ4v) is 1.03. The van der Waals surface area contributed by atoms with E-state index in [0.717, 1.165) is 10.9 Å². The van der Waals surface area contributed by atoms with E-state index < -0.39 is 24.3 Å². The minimum atomic E-state index is -5.08. The summed E-state index contributed by atoms with van der Waals surface area (Å²) in [4.78, 5) is 25.8. The second-order valence-corrected chi connectivity index (χ2v) is 4.01. The number of halogens is 6. The number of nitrogens with zero attached hydrogens (tertiary/aromatic N) is 3. The Bertz CT molecular complexity index is 790. The van der Waals surface area contributed by atoms with Crippen LogP contribution in [-0.4, -0.2) is 44.5 Å². The highest BCUT2D eigenvalue weighted by atomic mass is 19.4. The van der Waals surface area contributed by atoms with Gasteiger partial charge >= 0.3 is 24.3 Å². The Hall–Kier alpha value is -3.43. The van der Waals surface area contributed by atoms with Crippen molar-refractivity contribution in [3.05, 3.63) is 36.3 Å². The Kier molecular flexibility index (Phi) is 7.95. The molecule has 0 saturated carbocycles. The van der Waals surface area contributed by atoms with Crippen LogP contribution in [0.2, 0.25) is 0 Å². The highest BCUT2D eigenvalue weighted by Gasteiger charge is 2.38. The fourth-order valence-electron chi connectivity index (χ4n) is 1.03. The Balaban J connectivity index is 0.000000390. The number of aromatic nitrogens is 2. The second kappa shape index (κ2) is 9.16. The molecule has 0 unspecified atom stereocenters. The molecule has 0 amide bonds. The van der Waals surface area contributed by atoms with Gasteiger partial charge in [0.2, 0.25) is 0 Å². The van der Waals surface area contributed by atoms with E-state index in [9.17, 15) is 26.3 Å². The van der Waals surface area contributed by atoms with Crippen LogP contribution in [0.3, 0.4) is 0 Å². The summed E-state index contributed by atoms with van der Waals surface area (Å²) < 4.78 is 63.5. The van der Waals surface area contributed by atoms with Crippen LogP contribution in [0.5, 0.6) is 0 Å². The summed E-state index contributed by atoms with van der Waals surface area (Å²) in [5.74, 6) is -5.51. The number of fused-ring (bicyclic) bond motifs is 1. The minimum Gasteiger partial charge on any atom is -0.475 e. The minimum absolute atomic E-state index is 0.565. The maximum absolute atomic E-state index is 10.6. The molecular formula is C13H7F6N3O4. The molecule has 0 aliphatic carbocycles. The van der Waals surface area contributed by atoms with Gasteiger partial charge in [0.15, 0.2) is 0 Å². The van der Waals surface area contributed by atoms with Gasteiger partial charge in [0.05, 0.1) is 11.1 Å². The second-order valence-electron chi connectivity index (χ2n) is 4.01. The van der Waals surface area contributed by atoms with Gasteiger partial charge in [0.25, 0.3) is 0 Å². The maximum Gasteiger partial charge on any atom is 0.490 e. The number of carboxylic acids is 2. The van der Waals surface area contributed by atoms with Crippen molar-refractivity contribution in [3.8, 4) is 6.07 Å². The van der Waals surface area contributed by atoms with Crippen molar-refractivity contribution in [1.82, 2.24) is 9.97 Å². The first-order valence-electron chi connectivity index (χ1n) is 5.99. The molecule has 2 heterocycles. The van der Waals surface area contributed by atoms with Crippen LogP contribution in [0.4, 0.5) is 26.3 Å². The van der Waals surface area contributed by atoms with Crippen molar-refractivity contribution in [2.45, 2.75) is 12.4 Å². The van der Waals surface area contributed by atoms with E-state index in [1.165, 1.54) is 0 Å². The van der Waals surface area contributed by atoms with E-state index in [1.54, 1.807) is 24.7 Å². The molecule has 0 radical (unpaired) electrons. The number of pyridine rings is 2. The maximum atomic E-state index is 10.6. The normalized spacial score (nSPS) is 10.5. The van der Waals surface area contributed by atoms with Gasteiger partial charge in [-0.1, -0.05) is 0 Å². The lowest BCUT2D eigenvalue weighted by Crippen LogP contribution is -2.21. The molecular weight excluding hydrogens is 376 g/mol. The summed E-state index contributed by atoms with van der Waals surface area (Å²) in [6.07, 6.45) is -5.23. The van der Waals surface area contributed by atoms with E-state index in [2.05, 4.69) is 9.97 Å². The molecule has 2 rings (SSSR count). The monoisotopic (exact) mass is 383 g/mol. The topological polar surface area (TPSA) is 124 Å². The van der Waals surface area contributed by atoms with Gasteiger partial charge < -0.3 is 10.2 Å². The van der Waals surface area contributed by atoms with Crippen molar-refractivity contribution in [2.24, 2.45) is 0 Å². The molecule has 2 N–H and O–H groups in total. The number of hydrogen-bond acceptors (Lipinski definition) is 5. The first kappa shape index (κ1) is 22.6. The zero-order valence-electron chi connectivity index (χ0n) is 12.2. The molecule has 26 heavy (non-hydrogen) atoms. The third-order valence-corrected chi connectivity index (χ3v) is 2.10. The lowest BCUT2D eigenvalue weighted by Gasteiger charge is -1.94. The Morgan fingerprint density at radius 1 is 1.00 bits per heavy atom. The van der Waals surface area contributed by atoms with Crippen molar-refractivity contribution < 1.29 is 46.1 Å². The molecule has 0 aliphatic rings. The van der Waals surface area contributed by atoms with E-state index in [4.69, 9.17) is 25.1 Å². The molecule has 0 aliphatic heterocycles. The van der Waals surface area contributed by atoms with Crippen LogP contribution >= 0.6 is 0 Å². The van der Waals surface area contributed by atoms with Gasteiger partial charge in [-0.3, -0.25) is 9.97 Å². The molecule has 0 fully saturated rings. The molecule has 0 atom stereocenters. The predicted molar refractivity (Wildman–Crippen MR) is 71.6 cm³/mol. The van der Waals surface area contributed by atoms with E-state index >= 15 is 0 Å². The zero-order chi connectivity index (χ0) is 20.5. The van der Waals surface area contributed by atoms with Crippen molar-refractivity contribution in [3.63, 3.8) is 0 Å². The highest BCUT2D eigenvalue weighted by molar-refractivity contribution is 5.78. The molecule has 0 bridgehead atoms. The molecule has 140 valence electrons. The van der Waals surface area contributed by atoms with Crippen LogP contribution in [0.15, 0.2) is 30.7 Å². The van der Waals surface area contributed by atoms with Gasteiger partial charge in [0.1, 0.15) is 6.07 Å². The lowest BCUT2D eigenvalue weighted by atomic mass is 10.2. The van der Waals surface area contributed by atoms with E-state index in [1.807, 2.05) is 12.1 Å². The summed E-state index contributed by atoms with van der Waals surface area (Å²) in [5.41, 5.74) is 1.43. The standard InChI is InChI=1S/C9H5N3.2C2HF3O2/c10-4-7-3-8-6-11-2-1-9(8)12-5-7;2*3-2(4,5)1(6)7/h1-3,5-6H;2*(H,6,7). The number of carbonyl (C=O) groups is 2. The summed E-state index contributed by atoms with van der Waals surface area (Å²) >= 11 is 0. The SMILES string of the molecule is N#Cc1cnc2ccncc2c1.O=C(O)C(F)(F)F.O=C(O)C(F)(F)F. The lowest BCUT2D eigenvalue weighted by molar-refractivity contribution is -0.193. The van der Waals surface area contributed by atoms with Crippen molar-refractivity contribution >= 4 is 22.8 Å². The first-order chi connectivity index (χ1) is 11.8. The predicted octanol–water partition coefficient (Wildman–Crippen LogP) is 2.77. The Labute approximate surface area is 140 Å². The zero-order valence-corrected chi connectivity index (χ0v) is 12.2. The van der Waals surface area contributed by atoms with Crippen LogP contribution in [0.25, 0.3) is 10.9 Å². The van der Waals surface area contributed by atoms with E-state index in [-0.39, 0.29) is 0 Å². The quantitative estimate of drug-likeness (QED) is 0.670. The summed E-state index contributed by atoms with van der Waals surface area (Å²) in [7, 11) is 0. The molecule has 0 spiro atoms. The fraction of sp³-hybridized carbons (Fsp3) is 0.154. The van der Waals surface area contributed by atoms with Crippen LogP contribution < -0.4 is 0 Å². The first-order valence-corrected chi connectivity index (χ1v) is 5.99. The number of nitriles is 1. The van der Waals surface area contributed by atoms with Crippen molar-refractivity contribution in [2.75, 3.05) is 0 Å². The highest BCUT2D eigenvalue weighted by Crippen LogP contribution is 2.13. The molecule has 7 nitrogen and oxygen atoms in total. The number of carboxylic acid groups (broad SMARTS) is 2. The number of aliphatic carboxylic acids is 2. The van der Waals surface area contributed by atoms with Gasteiger partial charge in [-0.25, -0.2) is 9.59 Å². The third-order valence-electron chi connectivity index (χ3n) is 2.10. The van der Waals surface area contributed by atoms with Crippen LogP contribution in [0.1, 0.15) is 5.56 Å². The molecule has 13 heteroatoms. The average Bonchev–Trinajstić information content (AvgIpc) is 2.53. The average molecular weight is 383 g/mol. The molecule has 2 aromatic rings. The summed E-state index contributed by atoms with van der Waals surface area (Å²) in [6, 6.07) is 5.62. The van der Waals surface area contributed by atoms with Gasteiger partial charge in [-0.2, -0.15) is 31.6 Å². The molecule has 0 saturated heterocycles. The number of alkyl halides is 6. The summed E-state index contributed by atoms with van der Waals surface area (Å²) in [5, 5.41) is 23.7. The molecule has 2 aromatic heterocycles. The van der Waals surface area contributed by atoms with Gasteiger partial charge in [0, 0.05) is 24.0 Å². The van der Waals surface area contributed by atoms with Gasteiger partial charge in [-0.05, 0) is 12.1 Å². The Morgan fingerprint density at radius 2 is 1.46 bits per heavy atom. The van der Waals surface area contributed by atoms with Crippen molar-refractivity contribution in [1.29, 1.82) is 5.26 Å².